The predicted molar refractivity (Wildman–Crippen MR) is 68.0 cm³/mol. The molecular formula is C12H15N3O4. The molecule has 0 bridgehead atoms. The number of nitrogens with two attached hydrogens (primary N) is 2. The fourth-order valence-electron chi connectivity index (χ4n) is 1.40. The number of carbonyl (C=O) groups is 3. The molecule has 5 N–H and O–H groups in total. The highest BCUT2D eigenvalue weighted by molar-refractivity contribution is 5.95. The second-order valence-electron chi connectivity index (χ2n) is 3.91. The summed E-state index contributed by atoms with van der Waals surface area (Å²) in [6.45, 7) is 1.07. The van der Waals surface area contributed by atoms with Crippen LogP contribution in [0.2, 0.25) is 0 Å². The highest BCUT2D eigenvalue weighted by atomic mass is 16.5. The van der Waals surface area contributed by atoms with E-state index in [1.165, 1.54) is 0 Å². The van der Waals surface area contributed by atoms with Gasteiger partial charge in [0.15, 0.2) is 6.61 Å². The van der Waals surface area contributed by atoms with Crippen molar-refractivity contribution in [1.82, 2.24) is 5.32 Å². The molecule has 0 heterocycles. The number of anilines is 1. The maximum absolute atomic E-state index is 11.7. The lowest BCUT2D eigenvalue weighted by atomic mass is 10.0. The minimum atomic E-state index is -0.995. The topological polar surface area (TPSA) is 125 Å². The zero-order chi connectivity index (χ0) is 14.4. The quantitative estimate of drug-likeness (QED) is 0.526. The summed E-state index contributed by atoms with van der Waals surface area (Å²) in [6.07, 6.45) is 0. The highest BCUT2D eigenvalue weighted by Crippen LogP contribution is 2.18. The molecule has 0 aliphatic carbocycles. The molecule has 1 unspecified atom stereocenters. The molecule has 0 radical (unpaired) electrons. The van der Waals surface area contributed by atoms with Gasteiger partial charge in [-0.25, -0.2) is 4.79 Å². The number of carbonyl (C=O) groups excluding carboxylic acids is 3. The van der Waals surface area contributed by atoms with Crippen molar-refractivity contribution in [3.8, 4) is 0 Å². The number of ether oxygens (including phenoxy) is 1. The van der Waals surface area contributed by atoms with Crippen molar-refractivity contribution >= 4 is 23.6 Å². The maximum Gasteiger partial charge on any atom is 0.318 e. The first-order valence-corrected chi connectivity index (χ1v) is 5.51. The van der Waals surface area contributed by atoms with Gasteiger partial charge in [0.2, 0.25) is 0 Å². The average Bonchev–Trinajstić information content (AvgIpc) is 2.34. The molecule has 3 amide bonds. The molecule has 0 saturated heterocycles. The van der Waals surface area contributed by atoms with Gasteiger partial charge in [0, 0.05) is 5.69 Å². The third kappa shape index (κ3) is 4.66. The third-order valence-electron chi connectivity index (χ3n) is 2.37. The minimum Gasteiger partial charge on any atom is -0.455 e. The van der Waals surface area contributed by atoms with E-state index in [0.29, 0.717) is 11.3 Å². The van der Waals surface area contributed by atoms with Crippen molar-refractivity contribution in [1.29, 1.82) is 0 Å². The Labute approximate surface area is 109 Å². The monoisotopic (exact) mass is 265 g/mol. The molecule has 0 fully saturated rings. The first-order chi connectivity index (χ1) is 8.90. The number of urea groups is 1. The summed E-state index contributed by atoms with van der Waals surface area (Å²) in [7, 11) is 0. The van der Waals surface area contributed by atoms with Crippen molar-refractivity contribution in [3.63, 3.8) is 0 Å². The van der Waals surface area contributed by atoms with Crippen LogP contribution in [0.4, 0.5) is 10.5 Å². The Morgan fingerprint density at radius 3 is 2.63 bits per heavy atom. The Morgan fingerprint density at radius 2 is 2.05 bits per heavy atom. The van der Waals surface area contributed by atoms with Crippen LogP contribution < -0.4 is 16.8 Å². The Balaban J connectivity index is 2.54. The number of nitrogen functional groups attached to an aromatic ring is 1. The molecule has 1 atom stereocenters. The van der Waals surface area contributed by atoms with Gasteiger partial charge in [-0.3, -0.25) is 14.9 Å². The number of hydrogen-bond donors (Lipinski definition) is 3. The van der Waals surface area contributed by atoms with Crippen LogP contribution in [0.15, 0.2) is 24.3 Å². The molecule has 1 aromatic rings. The van der Waals surface area contributed by atoms with Gasteiger partial charge in [-0.1, -0.05) is 12.1 Å². The first-order valence-electron chi connectivity index (χ1n) is 5.51. The fraction of sp³-hybridized carbons (Fsp3) is 0.250. The van der Waals surface area contributed by atoms with Gasteiger partial charge in [0.25, 0.3) is 5.91 Å². The van der Waals surface area contributed by atoms with E-state index >= 15 is 0 Å². The molecule has 102 valence electrons. The lowest BCUT2D eigenvalue weighted by molar-refractivity contribution is -0.149. The summed E-state index contributed by atoms with van der Waals surface area (Å²) in [5.74, 6) is -1.93. The Kier molecular flexibility index (Phi) is 4.87. The number of benzene rings is 1. The van der Waals surface area contributed by atoms with E-state index < -0.39 is 30.4 Å². The Bertz CT molecular complexity index is 502. The van der Waals surface area contributed by atoms with Gasteiger partial charge in [-0.05, 0) is 24.6 Å². The van der Waals surface area contributed by atoms with Crippen molar-refractivity contribution < 1.29 is 19.1 Å². The number of hydrogen-bond acceptors (Lipinski definition) is 5. The molecular weight excluding hydrogens is 250 g/mol. The standard InChI is InChI=1S/C12H15N3O4/c1-7(8-3-2-4-9(13)5-8)11(17)19-6-10(16)15-12(14)18/h2-5,7H,6,13H2,1H3,(H3,14,15,16,18). The van der Waals surface area contributed by atoms with E-state index in [1.54, 1.807) is 36.5 Å². The smallest absolute Gasteiger partial charge is 0.318 e. The van der Waals surface area contributed by atoms with Crippen molar-refractivity contribution in [2.45, 2.75) is 12.8 Å². The second kappa shape index (κ2) is 6.39. The van der Waals surface area contributed by atoms with Crippen LogP contribution in [0.5, 0.6) is 0 Å². The van der Waals surface area contributed by atoms with Crippen LogP contribution in [0, 0.1) is 0 Å². The third-order valence-corrected chi connectivity index (χ3v) is 2.37. The lowest BCUT2D eigenvalue weighted by Gasteiger charge is -2.11. The van der Waals surface area contributed by atoms with Gasteiger partial charge in [-0.15, -0.1) is 0 Å². The lowest BCUT2D eigenvalue weighted by Crippen LogP contribution is -2.38. The SMILES string of the molecule is CC(C(=O)OCC(=O)NC(N)=O)c1cccc(N)c1. The summed E-state index contributed by atoms with van der Waals surface area (Å²) in [5, 5.41) is 1.79. The van der Waals surface area contributed by atoms with Crippen molar-refractivity contribution in [2.75, 3.05) is 12.3 Å². The number of nitrogens with one attached hydrogen (secondary N) is 1. The van der Waals surface area contributed by atoms with E-state index in [4.69, 9.17) is 16.2 Å². The number of primary amides is 1. The number of amides is 3. The van der Waals surface area contributed by atoms with Crippen LogP contribution in [-0.2, 0) is 14.3 Å². The number of rotatable bonds is 4. The summed E-state index contributed by atoms with van der Waals surface area (Å²) < 4.78 is 4.76. The molecule has 1 aromatic carbocycles. The maximum atomic E-state index is 11.7. The van der Waals surface area contributed by atoms with Crippen LogP contribution in [-0.4, -0.2) is 24.5 Å². The van der Waals surface area contributed by atoms with Gasteiger partial charge in [0.1, 0.15) is 0 Å². The van der Waals surface area contributed by atoms with Crippen LogP contribution in [0.3, 0.4) is 0 Å². The summed E-state index contributed by atoms with van der Waals surface area (Å²) in [5.41, 5.74) is 11.6. The molecule has 0 spiro atoms. The molecule has 19 heavy (non-hydrogen) atoms. The molecule has 7 nitrogen and oxygen atoms in total. The zero-order valence-electron chi connectivity index (χ0n) is 10.4. The predicted octanol–water partition coefficient (Wildman–Crippen LogP) is 0.110. The van der Waals surface area contributed by atoms with Gasteiger partial charge in [-0.2, -0.15) is 0 Å². The van der Waals surface area contributed by atoms with E-state index in [-0.39, 0.29) is 0 Å². The Hall–Kier alpha value is -2.57. The second-order valence-corrected chi connectivity index (χ2v) is 3.91. The number of esters is 1. The Morgan fingerprint density at radius 1 is 1.37 bits per heavy atom. The van der Waals surface area contributed by atoms with E-state index in [1.807, 2.05) is 0 Å². The molecule has 0 saturated carbocycles. The molecule has 1 rings (SSSR count). The molecule has 0 aromatic heterocycles. The zero-order valence-corrected chi connectivity index (χ0v) is 10.4. The van der Waals surface area contributed by atoms with Crippen LogP contribution in [0.1, 0.15) is 18.4 Å². The summed E-state index contributed by atoms with van der Waals surface area (Å²) in [4.78, 5) is 33.1. The van der Waals surface area contributed by atoms with Crippen LogP contribution in [0.25, 0.3) is 0 Å². The largest absolute Gasteiger partial charge is 0.455 e. The van der Waals surface area contributed by atoms with Gasteiger partial charge in [0.05, 0.1) is 5.92 Å². The fourth-order valence-corrected chi connectivity index (χ4v) is 1.40. The van der Waals surface area contributed by atoms with E-state index in [9.17, 15) is 14.4 Å². The molecule has 7 heteroatoms. The highest BCUT2D eigenvalue weighted by Gasteiger charge is 2.18. The molecule has 0 aliphatic rings. The van der Waals surface area contributed by atoms with E-state index in [2.05, 4.69) is 0 Å². The van der Waals surface area contributed by atoms with Crippen molar-refractivity contribution in [3.05, 3.63) is 29.8 Å². The van der Waals surface area contributed by atoms with Crippen molar-refractivity contribution in [2.24, 2.45) is 5.73 Å². The van der Waals surface area contributed by atoms with Gasteiger partial charge < -0.3 is 16.2 Å². The first kappa shape index (κ1) is 14.5. The average molecular weight is 265 g/mol. The van der Waals surface area contributed by atoms with Crippen LogP contribution >= 0.6 is 0 Å². The van der Waals surface area contributed by atoms with E-state index in [0.717, 1.165) is 0 Å². The minimum absolute atomic E-state index is 0.531. The summed E-state index contributed by atoms with van der Waals surface area (Å²) >= 11 is 0. The van der Waals surface area contributed by atoms with Gasteiger partial charge >= 0.3 is 12.0 Å². The molecule has 0 aliphatic heterocycles. The normalized spacial score (nSPS) is 11.4. The summed E-state index contributed by atoms with van der Waals surface area (Å²) in [6, 6.07) is 5.79. The number of imide groups is 1.